The fourth-order valence-corrected chi connectivity index (χ4v) is 9.73. The SMILES string of the molecule is COC(=O)[C@@]1(CO[Si](C)(C)C(C)(C)C)C(=O)[C@@H]2O[C@@H]2[C@]2(COCOCC[Si](C)(C)C)[C@@H](COCc3ccccc3)[C@H](OCc3ccccc3)CC[C@@H]12. The number of rotatable bonds is 18. The third-order valence-electron chi connectivity index (χ3n) is 12.1. The zero-order valence-electron chi connectivity index (χ0n) is 32.9. The number of epoxide rings is 1. The number of esters is 1. The number of hydrogen-bond donors (Lipinski definition) is 0. The smallest absolute Gasteiger partial charge is 0.322 e. The van der Waals surface area contributed by atoms with Crippen LogP contribution in [0, 0.1) is 22.7 Å². The van der Waals surface area contributed by atoms with E-state index >= 15 is 0 Å². The van der Waals surface area contributed by atoms with Crippen LogP contribution in [0.1, 0.15) is 44.7 Å². The van der Waals surface area contributed by atoms with Crippen LogP contribution in [0.25, 0.3) is 0 Å². The van der Waals surface area contributed by atoms with Crippen LogP contribution in [-0.2, 0) is 55.7 Å². The van der Waals surface area contributed by atoms with E-state index in [0.29, 0.717) is 39.3 Å². The van der Waals surface area contributed by atoms with Crippen LogP contribution in [0.2, 0.25) is 43.8 Å². The highest BCUT2D eigenvalue weighted by atomic mass is 28.4. The van der Waals surface area contributed by atoms with E-state index in [1.807, 2.05) is 48.5 Å². The Kier molecular flexibility index (Phi) is 13.1. The van der Waals surface area contributed by atoms with Crippen molar-refractivity contribution < 1.29 is 42.4 Å². The van der Waals surface area contributed by atoms with Gasteiger partial charge in [-0.1, -0.05) is 101 Å². The first-order chi connectivity index (χ1) is 24.6. The van der Waals surface area contributed by atoms with Gasteiger partial charge in [0.25, 0.3) is 0 Å². The molecule has 52 heavy (non-hydrogen) atoms. The molecular formula is C41H62O9Si2. The Labute approximate surface area is 313 Å². The fourth-order valence-electron chi connectivity index (χ4n) is 7.95. The minimum absolute atomic E-state index is 0.0617. The molecule has 11 heteroatoms. The lowest BCUT2D eigenvalue weighted by molar-refractivity contribution is -0.216. The van der Waals surface area contributed by atoms with Gasteiger partial charge in [0.05, 0.1) is 46.2 Å². The molecule has 9 nitrogen and oxygen atoms in total. The molecule has 0 amide bonds. The van der Waals surface area contributed by atoms with Gasteiger partial charge in [-0.15, -0.1) is 0 Å². The first-order valence-electron chi connectivity index (χ1n) is 18.9. The summed E-state index contributed by atoms with van der Waals surface area (Å²) in [4.78, 5) is 29.0. The Hall–Kier alpha value is -2.23. The first-order valence-corrected chi connectivity index (χ1v) is 25.5. The number of methoxy groups -OCH3 is 1. The van der Waals surface area contributed by atoms with Gasteiger partial charge in [-0.2, -0.15) is 0 Å². The van der Waals surface area contributed by atoms with Gasteiger partial charge in [0.15, 0.2) is 19.5 Å². The number of carbonyl (C=O) groups excluding carboxylic acids is 2. The number of hydrogen-bond acceptors (Lipinski definition) is 9. The van der Waals surface area contributed by atoms with Crippen LogP contribution < -0.4 is 0 Å². The molecule has 1 heterocycles. The number of benzene rings is 2. The maximum atomic E-state index is 14.6. The van der Waals surface area contributed by atoms with Crippen LogP contribution in [0.15, 0.2) is 60.7 Å². The number of ketones is 1. The van der Waals surface area contributed by atoms with Crippen molar-refractivity contribution in [3.05, 3.63) is 71.8 Å². The summed E-state index contributed by atoms with van der Waals surface area (Å²) in [5, 5.41) is -0.134. The lowest BCUT2D eigenvalue weighted by atomic mass is 9.46. The number of Topliss-reactive ketones (excluding diaryl/α,β-unsaturated/α-hetero) is 1. The number of carbonyl (C=O) groups is 2. The van der Waals surface area contributed by atoms with Gasteiger partial charge in [0.2, 0.25) is 0 Å². The molecule has 7 atom stereocenters. The van der Waals surface area contributed by atoms with E-state index in [1.165, 1.54) is 7.11 Å². The zero-order valence-corrected chi connectivity index (χ0v) is 34.9. The molecule has 3 fully saturated rings. The summed E-state index contributed by atoms with van der Waals surface area (Å²) in [6.45, 7) is 19.7. The summed E-state index contributed by atoms with van der Waals surface area (Å²) in [5.74, 6) is -1.60. The third-order valence-corrected chi connectivity index (χ3v) is 18.3. The Morgan fingerprint density at radius 1 is 0.865 bits per heavy atom. The molecule has 0 bridgehead atoms. The van der Waals surface area contributed by atoms with Crippen LogP contribution in [-0.4, -0.2) is 86.8 Å². The minimum Gasteiger partial charge on any atom is -0.468 e. The number of ether oxygens (including phenoxy) is 6. The molecule has 0 unspecified atom stereocenters. The van der Waals surface area contributed by atoms with Gasteiger partial charge in [-0.3, -0.25) is 9.59 Å². The van der Waals surface area contributed by atoms with E-state index in [1.54, 1.807) is 0 Å². The van der Waals surface area contributed by atoms with E-state index < -0.39 is 51.3 Å². The van der Waals surface area contributed by atoms with E-state index in [0.717, 1.165) is 17.2 Å². The molecule has 2 saturated carbocycles. The van der Waals surface area contributed by atoms with Gasteiger partial charge < -0.3 is 32.8 Å². The van der Waals surface area contributed by atoms with Crippen molar-refractivity contribution in [1.82, 2.24) is 0 Å². The molecule has 0 N–H and O–H groups in total. The highest BCUT2D eigenvalue weighted by Gasteiger charge is 2.79. The molecule has 2 aromatic rings. The summed E-state index contributed by atoms with van der Waals surface area (Å²) in [7, 11) is -2.34. The van der Waals surface area contributed by atoms with E-state index in [2.05, 4.69) is 65.6 Å². The molecule has 5 rings (SSSR count). The van der Waals surface area contributed by atoms with Gasteiger partial charge in [0.1, 0.15) is 19.0 Å². The van der Waals surface area contributed by atoms with Crippen molar-refractivity contribution in [2.45, 2.75) is 109 Å². The molecule has 0 radical (unpaired) electrons. The second-order valence-electron chi connectivity index (χ2n) is 17.7. The molecule has 0 aromatic heterocycles. The second-order valence-corrected chi connectivity index (χ2v) is 28.2. The molecular weight excluding hydrogens is 693 g/mol. The summed E-state index contributed by atoms with van der Waals surface area (Å²) in [6, 6.07) is 21.2. The molecule has 1 aliphatic heterocycles. The van der Waals surface area contributed by atoms with Crippen molar-refractivity contribution in [2.24, 2.45) is 22.7 Å². The molecule has 0 spiro atoms. The molecule has 3 aliphatic rings. The summed E-state index contributed by atoms with van der Waals surface area (Å²) >= 11 is 0. The third kappa shape index (κ3) is 8.83. The Morgan fingerprint density at radius 2 is 1.50 bits per heavy atom. The highest BCUT2D eigenvalue weighted by Crippen LogP contribution is 2.66. The van der Waals surface area contributed by atoms with Gasteiger partial charge in [0, 0.05) is 26.0 Å². The van der Waals surface area contributed by atoms with Gasteiger partial charge in [-0.05, 0) is 54.1 Å². The quantitative estimate of drug-likeness (QED) is 0.0379. The van der Waals surface area contributed by atoms with E-state index in [4.69, 9.17) is 32.8 Å². The van der Waals surface area contributed by atoms with Crippen molar-refractivity contribution >= 4 is 28.1 Å². The van der Waals surface area contributed by atoms with Gasteiger partial charge >= 0.3 is 5.97 Å². The lowest BCUT2D eigenvalue weighted by Gasteiger charge is -2.58. The molecule has 2 aromatic carbocycles. The van der Waals surface area contributed by atoms with Crippen molar-refractivity contribution in [3.8, 4) is 0 Å². The van der Waals surface area contributed by atoms with Crippen molar-refractivity contribution in [2.75, 3.05) is 40.3 Å². The van der Waals surface area contributed by atoms with Crippen LogP contribution in [0.3, 0.4) is 0 Å². The van der Waals surface area contributed by atoms with E-state index in [-0.39, 0.29) is 42.9 Å². The Morgan fingerprint density at radius 3 is 2.10 bits per heavy atom. The first kappa shape index (κ1) is 40.9. The molecule has 2 aliphatic carbocycles. The Bertz CT molecular complexity index is 1470. The summed E-state index contributed by atoms with van der Waals surface area (Å²) in [6.07, 6.45) is -0.346. The van der Waals surface area contributed by atoms with Crippen LogP contribution >= 0.6 is 0 Å². The maximum Gasteiger partial charge on any atom is 0.322 e. The standard InChI is InChI=1S/C41H62O9Si2/c1-39(2,3)52(8,9)49-28-41(38(43)44-4)34-21-20-33(48-25-31-18-14-11-15-19-31)32(26-46-24-30-16-12-10-13-17-30)40(34,37-35(50-37)36(41)42)27-47-29-45-22-23-51(5,6)7/h10-19,32-35,37H,20-29H2,1-9H3/t32-,33+,34+,35-,37-,40+,41+/m0/s1. The molecule has 1 saturated heterocycles. The fraction of sp³-hybridized carbons (Fsp3) is 0.659. The van der Waals surface area contributed by atoms with Gasteiger partial charge in [-0.25, -0.2) is 0 Å². The molecule has 288 valence electrons. The number of fused-ring (bicyclic) bond motifs is 3. The van der Waals surface area contributed by atoms with E-state index in [9.17, 15) is 9.59 Å². The Balaban J connectivity index is 1.54. The summed E-state index contributed by atoms with van der Waals surface area (Å²) in [5.41, 5.74) is -0.280. The normalized spacial score (nSPS) is 28.9. The predicted octanol–water partition coefficient (Wildman–Crippen LogP) is 7.66. The average Bonchev–Trinajstić information content (AvgIpc) is 3.91. The highest BCUT2D eigenvalue weighted by molar-refractivity contribution is 6.76. The zero-order chi connectivity index (χ0) is 37.8. The van der Waals surface area contributed by atoms with Crippen LogP contribution in [0.4, 0.5) is 0 Å². The average molecular weight is 755 g/mol. The minimum atomic E-state index is -2.41. The monoisotopic (exact) mass is 754 g/mol. The predicted molar refractivity (Wildman–Crippen MR) is 206 cm³/mol. The summed E-state index contributed by atoms with van der Waals surface area (Å²) < 4.78 is 44.7. The maximum absolute atomic E-state index is 14.6. The van der Waals surface area contributed by atoms with Crippen molar-refractivity contribution in [3.63, 3.8) is 0 Å². The van der Waals surface area contributed by atoms with Crippen LogP contribution in [0.5, 0.6) is 0 Å². The topological polar surface area (TPSA) is 102 Å². The second kappa shape index (κ2) is 16.6. The van der Waals surface area contributed by atoms with Crippen molar-refractivity contribution in [1.29, 1.82) is 0 Å². The largest absolute Gasteiger partial charge is 0.468 e. The lowest BCUT2D eigenvalue weighted by Crippen LogP contribution is -2.69.